The average Bonchev–Trinajstić information content (AvgIpc) is 2.51. The van der Waals surface area contributed by atoms with Crippen LogP contribution in [0.5, 0.6) is 0 Å². The Bertz CT molecular complexity index is 666. The molecule has 0 amide bonds. The van der Waals surface area contributed by atoms with Crippen molar-refractivity contribution >= 4 is 16.7 Å². The number of allylic oxidation sites excluding steroid dienone is 2. The first-order chi connectivity index (χ1) is 10.2. The fourth-order valence-electron chi connectivity index (χ4n) is 2.11. The Morgan fingerprint density at radius 1 is 1.19 bits per heavy atom. The van der Waals surface area contributed by atoms with Gasteiger partial charge in [-0.15, -0.1) is 0 Å². The molecule has 3 heteroatoms. The van der Waals surface area contributed by atoms with Crippen LogP contribution in [0.1, 0.15) is 18.6 Å². The molecule has 21 heavy (non-hydrogen) atoms. The molecule has 2 aromatic rings. The highest BCUT2D eigenvalue weighted by molar-refractivity contribution is 5.86. The Balaban J connectivity index is 2.12. The molecule has 0 saturated carbocycles. The zero-order valence-electron chi connectivity index (χ0n) is 11.9. The normalized spacial score (nSPS) is 13.0. The highest BCUT2D eigenvalue weighted by atomic mass is 16.5. The van der Waals surface area contributed by atoms with Crippen LogP contribution >= 0.6 is 0 Å². The first-order valence-corrected chi connectivity index (χ1v) is 6.89. The standard InChI is InChI=1S/C18H18O3/c1-2-21-18(20)13-6-5-12-17(19)16-11-7-9-14-8-3-4-10-15(14)16/h3-13,17,19H,2H2,1H3/b12-5+,13-6+. The first kappa shape index (κ1) is 15.0. The van der Waals surface area contributed by atoms with Crippen molar-refractivity contribution in [1.29, 1.82) is 0 Å². The maximum atomic E-state index is 11.1. The predicted octanol–water partition coefficient (Wildman–Crippen LogP) is 3.55. The molecule has 1 atom stereocenters. The number of carbonyl (C=O) groups is 1. The van der Waals surface area contributed by atoms with Crippen molar-refractivity contribution in [3.8, 4) is 0 Å². The van der Waals surface area contributed by atoms with Crippen molar-refractivity contribution in [1.82, 2.24) is 0 Å². The molecule has 0 radical (unpaired) electrons. The minimum atomic E-state index is -0.719. The van der Waals surface area contributed by atoms with Crippen molar-refractivity contribution < 1.29 is 14.6 Å². The number of esters is 1. The summed E-state index contributed by atoms with van der Waals surface area (Å²) in [6, 6.07) is 13.7. The molecule has 1 N–H and O–H groups in total. The second kappa shape index (κ2) is 7.41. The van der Waals surface area contributed by atoms with E-state index in [2.05, 4.69) is 0 Å². The van der Waals surface area contributed by atoms with Crippen molar-refractivity contribution in [3.63, 3.8) is 0 Å². The lowest BCUT2D eigenvalue weighted by Crippen LogP contribution is -1.98. The van der Waals surface area contributed by atoms with Crippen LogP contribution in [0.15, 0.2) is 66.8 Å². The molecular weight excluding hydrogens is 264 g/mol. The van der Waals surface area contributed by atoms with Crippen molar-refractivity contribution in [2.24, 2.45) is 0 Å². The van der Waals surface area contributed by atoms with E-state index >= 15 is 0 Å². The minimum Gasteiger partial charge on any atom is -0.463 e. The molecule has 0 heterocycles. The van der Waals surface area contributed by atoms with E-state index in [4.69, 9.17) is 4.74 Å². The van der Waals surface area contributed by atoms with Gasteiger partial charge in [-0.1, -0.05) is 60.7 Å². The third kappa shape index (κ3) is 4.04. The molecule has 0 aliphatic rings. The van der Waals surface area contributed by atoms with Gasteiger partial charge in [-0.3, -0.25) is 0 Å². The summed E-state index contributed by atoms with van der Waals surface area (Å²) in [5.74, 6) is -0.387. The maximum absolute atomic E-state index is 11.1. The molecule has 0 bridgehead atoms. The van der Waals surface area contributed by atoms with Gasteiger partial charge in [0.15, 0.2) is 0 Å². The van der Waals surface area contributed by atoms with Crippen molar-refractivity contribution in [2.45, 2.75) is 13.0 Å². The summed E-state index contributed by atoms with van der Waals surface area (Å²) in [5.41, 5.74) is 0.842. The molecule has 1 unspecified atom stereocenters. The van der Waals surface area contributed by atoms with E-state index in [1.165, 1.54) is 6.08 Å². The summed E-state index contributed by atoms with van der Waals surface area (Å²) >= 11 is 0. The molecule has 3 nitrogen and oxygen atoms in total. The predicted molar refractivity (Wildman–Crippen MR) is 83.8 cm³/mol. The smallest absolute Gasteiger partial charge is 0.330 e. The van der Waals surface area contributed by atoms with Crippen molar-refractivity contribution in [2.75, 3.05) is 6.61 Å². The lowest BCUT2D eigenvalue weighted by atomic mass is 10.0. The molecule has 0 spiro atoms. The van der Waals surface area contributed by atoms with Crippen LogP contribution in [0.25, 0.3) is 10.8 Å². The van der Waals surface area contributed by atoms with E-state index in [-0.39, 0.29) is 5.97 Å². The Labute approximate surface area is 124 Å². The molecule has 0 aliphatic carbocycles. The Morgan fingerprint density at radius 2 is 1.95 bits per heavy atom. The number of hydrogen-bond acceptors (Lipinski definition) is 3. The average molecular weight is 282 g/mol. The summed E-state index contributed by atoms with van der Waals surface area (Å²) in [4.78, 5) is 11.1. The summed E-state index contributed by atoms with van der Waals surface area (Å²) in [6.07, 6.45) is 5.45. The maximum Gasteiger partial charge on any atom is 0.330 e. The second-order valence-corrected chi connectivity index (χ2v) is 4.51. The van der Waals surface area contributed by atoms with Crippen LogP contribution < -0.4 is 0 Å². The Kier molecular flexibility index (Phi) is 5.29. The van der Waals surface area contributed by atoms with Crippen LogP contribution in [0, 0.1) is 0 Å². The number of ether oxygens (including phenoxy) is 1. The largest absolute Gasteiger partial charge is 0.463 e. The van der Waals surface area contributed by atoms with Gasteiger partial charge in [0.2, 0.25) is 0 Å². The van der Waals surface area contributed by atoms with Crippen LogP contribution in [0.2, 0.25) is 0 Å². The topological polar surface area (TPSA) is 46.5 Å². The quantitative estimate of drug-likeness (QED) is 0.518. The summed E-state index contributed by atoms with van der Waals surface area (Å²) in [7, 11) is 0. The molecule has 2 rings (SSSR count). The number of fused-ring (bicyclic) bond motifs is 1. The lowest BCUT2D eigenvalue weighted by Gasteiger charge is -2.09. The number of benzene rings is 2. The lowest BCUT2D eigenvalue weighted by molar-refractivity contribution is -0.137. The molecule has 2 aromatic carbocycles. The molecule has 0 saturated heterocycles. The van der Waals surface area contributed by atoms with Crippen LogP contribution in [-0.4, -0.2) is 17.7 Å². The van der Waals surface area contributed by atoms with Crippen molar-refractivity contribution in [3.05, 3.63) is 72.3 Å². The monoisotopic (exact) mass is 282 g/mol. The zero-order chi connectivity index (χ0) is 15.1. The van der Waals surface area contributed by atoms with Gasteiger partial charge in [0.1, 0.15) is 0 Å². The number of carbonyl (C=O) groups excluding carboxylic acids is 1. The van der Waals surface area contributed by atoms with Gasteiger partial charge in [-0.05, 0) is 23.3 Å². The molecule has 0 aliphatic heterocycles. The van der Waals surface area contributed by atoms with E-state index in [1.807, 2.05) is 42.5 Å². The SMILES string of the molecule is CCOC(=O)/C=C/C=C/C(O)c1cccc2ccccc12. The molecule has 108 valence electrons. The number of hydrogen-bond donors (Lipinski definition) is 1. The fourth-order valence-corrected chi connectivity index (χ4v) is 2.11. The van der Waals surface area contributed by atoms with Gasteiger partial charge >= 0.3 is 5.97 Å². The molecular formula is C18H18O3. The Hall–Kier alpha value is -2.39. The summed E-state index contributed by atoms with van der Waals surface area (Å²) < 4.78 is 4.77. The third-order valence-electron chi connectivity index (χ3n) is 3.07. The minimum absolute atomic E-state index is 0.353. The van der Waals surface area contributed by atoms with Gasteiger partial charge < -0.3 is 9.84 Å². The van der Waals surface area contributed by atoms with E-state index < -0.39 is 6.10 Å². The van der Waals surface area contributed by atoms with Gasteiger partial charge in [0, 0.05) is 6.08 Å². The van der Waals surface area contributed by atoms with E-state index in [0.717, 1.165) is 16.3 Å². The number of aliphatic hydroxyl groups excluding tert-OH is 1. The molecule has 0 fully saturated rings. The summed E-state index contributed by atoms with van der Waals surface area (Å²) in [5, 5.41) is 12.4. The third-order valence-corrected chi connectivity index (χ3v) is 3.07. The highest BCUT2D eigenvalue weighted by Gasteiger charge is 2.06. The fraction of sp³-hybridized carbons (Fsp3) is 0.167. The summed E-state index contributed by atoms with van der Waals surface area (Å²) in [6.45, 7) is 2.11. The van der Waals surface area contributed by atoms with Gasteiger partial charge in [0.05, 0.1) is 12.7 Å². The first-order valence-electron chi connectivity index (χ1n) is 6.89. The number of rotatable bonds is 5. The second-order valence-electron chi connectivity index (χ2n) is 4.51. The van der Waals surface area contributed by atoms with Crippen LogP contribution in [0.4, 0.5) is 0 Å². The van der Waals surface area contributed by atoms with Crippen LogP contribution in [-0.2, 0) is 9.53 Å². The van der Waals surface area contributed by atoms with E-state index in [0.29, 0.717) is 6.61 Å². The number of aliphatic hydroxyl groups is 1. The van der Waals surface area contributed by atoms with Gasteiger partial charge in [-0.25, -0.2) is 4.79 Å². The zero-order valence-corrected chi connectivity index (χ0v) is 11.9. The molecule has 0 aromatic heterocycles. The van der Waals surface area contributed by atoms with Gasteiger partial charge in [-0.2, -0.15) is 0 Å². The highest BCUT2D eigenvalue weighted by Crippen LogP contribution is 2.24. The van der Waals surface area contributed by atoms with Gasteiger partial charge in [0.25, 0.3) is 0 Å². The van der Waals surface area contributed by atoms with E-state index in [1.54, 1.807) is 25.2 Å². The van der Waals surface area contributed by atoms with Crippen LogP contribution in [0.3, 0.4) is 0 Å². The van der Waals surface area contributed by atoms with E-state index in [9.17, 15) is 9.90 Å². The Morgan fingerprint density at radius 3 is 2.76 bits per heavy atom.